The van der Waals surface area contributed by atoms with Crippen LogP contribution < -0.4 is 11.1 Å². The monoisotopic (exact) mass is 424 g/mol. The average molecular weight is 425 g/mol. The SMILES string of the molecule is CC(N)C1CCCCN1C(=O)CCNc1ccc(C(F)(F)F)cc1[N+](=O)[O-].Cl. The smallest absolute Gasteiger partial charge is 0.379 e. The molecule has 0 bridgehead atoms. The van der Waals surface area contributed by atoms with Crippen molar-refractivity contribution in [3.63, 3.8) is 0 Å². The number of benzene rings is 1. The fourth-order valence-corrected chi connectivity index (χ4v) is 3.27. The number of anilines is 1. The maximum absolute atomic E-state index is 12.7. The van der Waals surface area contributed by atoms with E-state index in [0.29, 0.717) is 12.6 Å². The maximum Gasteiger partial charge on any atom is 0.416 e. The summed E-state index contributed by atoms with van der Waals surface area (Å²) in [5.41, 5.74) is 4.12. The van der Waals surface area contributed by atoms with E-state index >= 15 is 0 Å². The Morgan fingerprint density at radius 1 is 1.43 bits per heavy atom. The maximum atomic E-state index is 12.7. The first-order valence-electron chi connectivity index (χ1n) is 8.76. The highest BCUT2D eigenvalue weighted by molar-refractivity contribution is 5.85. The first kappa shape index (κ1) is 24.0. The lowest BCUT2D eigenvalue weighted by molar-refractivity contribution is -0.384. The normalized spacial score (nSPS) is 18.2. The minimum Gasteiger partial charge on any atom is -0.379 e. The zero-order valence-corrected chi connectivity index (χ0v) is 16.2. The summed E-state index contributed by atoms with van der Waals surface area (Å²) in [6, 6.07) is 2.08. The fraction of sp³-hybridized carbons (Fsp3) is 0.588. The number of nitrogens with two attached hydrogens (primary N) is 1. The minimum atomic E-state index is -4.67. The van der Waals surface area contributed by atoms with Crippen molar-refractivity contribution >= 4 is 29.7 Å². The second-order valence-electron chi connectivity index (χ2n) is 6.67. The molecule has 1 fully saturated rings. The summed E-state index contributed by atoms with van der Waals surface area (Å²) < 4.78 is 38.2. The van der Waals surface area contributed by atoms with E-state index in [1.807, 2.05) is 6.92 Å². The number of likely N-dealkylation sites (tertiary alicyclic amines) is 1. The molecule has 2 unspecified atom stereocenters. The zero-order chi connectivity index (χ0) is 20.2. The van der Waals surface area contributed by atoms with Crippen molar-refractivity contribution in [3.8, 4) is 0 Å². The van der Waals surface area contributed by atoms with Crippen LogP contribution >= 0.6 is 12.4 Å². The van der Waals surface area contributed by atoms with Gasteiger partial charge in [0.15, 0.2) is 0 Å². The number of halogens is 4. The number of amides is 1. The van der Waals surface area contributed by atoms with Crippen LogP contribution in [0.2, 0.25) is 0 Å². The van der Waals surface area contributed by atoms with Gasteiger partial charge in [-0.2, -0.15) is 13.2 Å². The predicted molar refractivity (Wildman–Crippen MR) is 101 cm³/mol. The van der Waals surface area contributed by atoms with E-state index in [1.54, 1.807) is 4.90 Å². The van der Waals surface area contributed by atoms with E-state index in [2.05, 4.69) is 5.32 Å². The van der Waals surface area contributed by atoms with E-state index in [4.69, 9.17) is 5.73 Å². The Hall–Kier alpha value is -2.07. The second kappa shape index (κ2) is 9.92. The lowest BCUT2D eigenvalue weighted by Gasteiger charge is -2.38. The predicted octanol–water partition coefficient (Wildman–Crippen LogP) is 3.57. The summed E-state index contributed by atoms with van der Waals surface area (Å²) in [6.07, 6.45) is -1.86. The number of nitrogens with zero attached hydrogens (tertiary/aromatic N) is 2. The third-order valence-corrected chi connectivity index (χ3v) is 4.65. The van der Waals surface area contributed by atoms with E-state index in [-0.39, 0.29) is 49.1 Å². The molecule has 1 aliphatic heterocycles. The summed E-state index contributed by atoms with van der Waals surface area (Å²) in [7, 11) is 0. The second-order valence-corrected chi connectivity index (χ2v) is 6.67. The van der Waals surface area contributed by atoms with Crippen LogP contribution in [0.4, 0.5) is 24.5 Å². The van der Waals surface area contributed by atoms with Gasteiger partial charge in [-0.1, -0.05) is 0 Å². The Balaban J connectivity index is 0.00000392. The van der Waals surface area contributed by atoms with Crippen LogP contribution in [-0.4, -0.2) is 40.9 Å². The Morgan fingerprint density at radius 3 is 2.68 bits per heavy atom. The number of hydrogen-bond acceptors (Lipinski definition) is 5. The van der Waals surface area contributed by atoms with Crippen molar-refractivity contribution in [2.45, 2.75) is 50.9 Å². The summed E-state index contributed by atoms with van der Waals surface area (Å²) in [5, 5.41) is 13.8. The molecule has 0 saturated carbocycles. The standard InChI is InChI=1S/C17H23F3N4O3.ClH/c1-11(21)14-4-2-3-9-23(14)16(25)7-8-22-13-6-5-12(17(18,19)20)10-15(13)24(26)27;/h5-6,10-11,14,22H,2-4,7-9,21H2,1H3;1H. The Labute approximate surface area is 167 Å². The first-order chi connectivity index (χ1) is 12.6. The molecule has 28 heavy (non-hydrogen) atoms. The van der Waals surface area contributed by atoms with Crippen LogP contribution in [-0.2, 0) is 11.0 Å². The summed E-state index contributed by atoms with van der Waals surface area (Å²) >= 11 is 0. The summed E-state index contributed by atoms with van der Waals surface area (Å²) in [6.45, 7) is 2.54. The molecule has 1 aliphatic rings. The van der Waals surface area contributed by atoms with Crippen LogP contribution in [0, 0.1) is 10.1 Å². The molecular weight excluding hydrogens is 401 g/mol. The Kier molecular flexibility index (Phi) is 8.49. The van der Waals surface area contributed by atoms with Crippen molar-refractivity contribution in [1.29, 1.82) is 0 Å². The molecule has 1 saturated heterocycles. The number of nitro groups is 1. The first-order valence-corrected chi connectivity index (χ1v) is 8.76. The number of carbonyl (C=O) groups is 1. The van der Waals surface area contributed by atoms with Gasteiger partial charge in [0.1, 0.15) is 5.69 Å². The largest absolute Gasteiger partial charge is 0.416 e. The van der Waals surface area contributed by atoms with Gasteiger partial charge < -0.3 is 16.0 Å². The van der Waals surface area contributed by atoms with Gasteiger partial charge >= 0.3 is 6.18 Å². The van der Waals surface area contributed by atoms with Gasteiger partial charge in [-0.05, 0) is 38.3 Å². The third kappa shape index (κ3) is 5.96. The molecule has 11 heteroatoms. The number of nitrogens with one attached hydrogen (secondary N) is 1. The number of carbonyl (C=O) groups excluding carboxylic acids is 1. The highest BCUT2D eigenvalue weighted by Gasteiger charge is 2.33. The Bertz CT molecular complexity index is 701. The molecule has 0 radical (unpaired) electrons. The topological polar surface area (TPSA) is 102 Å². The van der Waals surface area contributed by atoms with Gasteiger partial charge in [-0.15, -0.1) is 12.4 Å². The number of hydrogen-bond donors (Lipinski definition) is 2. The molecule has 0 aromatic heterocycles. The number of nitro benzene ring substituents is 1. The van der Waals surface area contributed by atoms with Gasteiger partial charge in [0, 0.05) is 37.7 Å². The van der Waals surface area contributed by atoms with Crippen LogP contribution in [0.1, 0.15) is 38.2 Å². The molecule has 1 aromatic rings. The van der Waals surface area contributed by atoms with Crippen molar-refractivity contribution in [2.24, 2.45) is 5.73 Å². The molecule has 3 N–H and O–H groups in total. The Morgan fingerprint density at radius 2 is 2.11 bits per heavy atom. The number of rotatable bonds is 6. The van der Waals surface area contributed by atoms with E-state index in [1.165, 1.54) is 0 Å². The van der Waals surface area contributed by atoms with Crippen molar-refractivity contribution in [3.05, 3.63) is 33.9 Å². The van der Waals surface area contributed by atoms with E-state index in [9.17, 15) is 28.1 Å². The summed E-state index contributed by atoms with van der Waals surface area (Å²) in [4.78, 5) is 24.4. The lowest BCUT2D eigenvalue weighted by atomic mass is 9.96. The number of alkyl halides is 3. The van der Waals surface area contributed by atoms with Crippen LogP contribution in [0.3, 0.4) is 0 Å². The molecule has 2 rings (SSSR count). The van der Waals surface area contributed by atoms with Crippen LogP contribution in [0.25, 0.3) is 0 Å². The third-order valence-electron chi connectivity index (χ3n) is 4.65. The van der Waals surface area contributed by atoms with E-state index < -0.39 is 22.4 Å². The molecule has 1 amide bonds. The highest BCUT2D eigenvalue weighted by atomic mass is 35.5. The van der Waals surface area contributed by atoms with E-state index in [0.717, 1.165) is 31.4 Å². The molecular formula is C17H24ClF3N4O3. The average Bonchev–Trinajstić information content (AvgIpc) is 2.60. The van der Waals surface area contributed by atoms with Crippen molar-refractivity contribution in [2.75, 3.05) is 18.4 Å². The van der Waals surface area contributed by atoms with Gasteiger partial charge in [0.05, 0.1) is 10.5 Å². The number of piperidine rings is 1. The molecule has 1 heterocycles. The van der Waals surface area contributed by atoms with Gasteiger partial charge in [-0.25, -0.2) is 0 Å². The minimum absolute atomic E-state index is 0. The summed E-state index contributed by atoms with van der Waals surface area (Å²) in [5.74, 6) is -0.126. The quantitative estimate of drug-likeness (QED) is 0.537. The molecule has 0 spiro atoms. The molecule has 1 aromatic carbocycles. The van der Waals surface area contributed by atoms with Gasteiger partial charge in [-0.3, -0.25) is 14.9 Å². The van der Waals surface area contributed by atoms with Gasteiger partial charge in [0.25, 0.3) is 5.69 Å². The fourth-order valence-electron chi connectivity index (χ4n) is 3.27. The molecule has 7 nitrogen and oxygen atoms in total. The van der Waals surface area contributed by atoms with Crippen LogP contribution in [0.5, 0.6) is 0 Å². The highest BCUT2D eigenvalue weighted by Crippen LogP contribution is 2.35. The van der Waals surface area contributed by atoms with Crippen molar-refractivity contribution < 1.29 is 22.9 Å². The van der Waals surface area contributed by atoms with Gasteiger partial charge in [0.2, 0.25) is 5.91 Å². The molecule has 158 valence electrons. The zero-order valence-electron chi connectivity index (χ0n) is 15.4. The van der Waals surface area contributed by atoms with Crippen molar-refractivity contribution in [1.82, 2.24) is 4.90 Å². The van der Waals surface area contributed by atoms with Crippen LogP contribution in [0.15, 0.2) is 18.2 Å². The lowest BCUT2D eigenvalue weighted by Crippen LogP contribution is -2.51. The molecule has 0 aliphatic carbocycles. The molecule has 2 atom stereocenters.